The first-order chi connectivity index (χ1) is 22.8. The highest BCUT2D eigenvalue weighted by atomic mass is 79.9. The van der Waals surface area contributed by atoms with E-state index in [1.165, 1.54) is 7.11 Å². The summed E-state index contributed by atoms with van der Waals surface area (Å²) in [5, 5.41) is 27.4. The number of aliphatic hydroxyl groups excluding tert-OH is 2. The Balaban J connectivity index is 1.46. The lowest BCUT2D eigenvalue weighted by Crippen LogP contribution is -2.57. The van der Waals surface area contributed by atoms with E-state index in [1.54, 1.807) is 9.91 Å². The number of likely N-dealkylation sites (tertiary alicyclic amines) is 1. The summed E-state index contributed by atoms with van der Waals surface area (Å²) in [5.41, 5.74) is 4.84. The number of hydrazine groups is 1. The molecule has 0 aromatic heterocycles. The van der Waals surface area contributed by atoms with Crippen LogP contribution >= 0.6 is 15.9 Å². The van der Waals surface area contributed by atoms with E-state index in [9.17, 15) is 24.6 Å². The molecule has 4 N–H and O–H groups in total. The zero-order valence-electron chi connectivity index (χ0n) is 27.9. The average Bonchev–Trinajstić information content (AvgIpc) is 3.50. The van der Waals surface area contributed by atoms with Gasteiger partial charge in [0, 0.05) is 30.5 Å². The summed E-state index contributed by atoms with van der Waals surface area (Å²) in [4.78, 5) is 42.3. The number of aliphatic hydroxyl groups is 2. The highest BCUT2D eigenvalue weighted by molar-refractivity contribution is 9.10. The van der Waals surface area contributed by atoms with Gasteiger partial charge in [0.1, 0.15) is 6.04 Å². The zero-order valence-corrected chi connectivity index (χ0v) is 29.4. The Morgan fingerprint density at radius 1 is 1.02 bits per heavy atom. The van der Waals surface area contributed by atoms with Crippen LogP contribution in [0, 0.1) is 10.8 Å². The zero-order chi connectivity index (χ0) is 34.6. The number of hydrogen-bond donors (Lipinski definition) is 4. The molecule has 0 radical (unpaired) electrons. The summed E-state index contributed by atoms with van der Waals surface area (Å²) in [6, 6.07) is 23.6. The van der Waals surface area contributed by atoms with Crippen molar-refractivity contribution in [2.24, 2.45) is 10.8 Å². The number of hydrogen-bond acceptors (Lipinski definition) is 7. The molecule has 0 bridgehead atoms. The summed E-state index contributed by atoms with van der Waals surface area (Å²) in [6.45, 7) is 6.13. The van der Waals surface area contributed by atoms with Gasteiger partial charge in [-0.3, -0.25) is 15.0 Å². The van der Waals surface area contributed by atoms with Gasteiger partial charge in [0.15, 0.2) is 0 Å². The fourth-order valence-corrected chi connectivity index (χ4v) is 7.21. The van der Waals surface area contributed by atoms with Crippen molar-refractivity contribution in [2.45, 2.75) is 70.9 Å². The minimum atomic E-state index is -1.23. The van der Waals surface area contributed by atoms with Crippen molar-refractivity contribution >= 4 is 33.8 Å². The Morgan fingerprint density at radius 2 is 1.69 bits per heavy atom. The quantitative estimate of drug-likeness (QED) is 0.214. The maximum Gasteiger partial charge on any atom is 0.407 e. The normalized spacial score (nSPS) is 22.8. The van der Waals surface area contributed by atoms with E-state index in [4.69, 9.17) is 4.74 Å². The predicted molar refractivity (Wildman–Crippen MR) is 185 cm³/mol. The maximum atomic E-state index is 14.7. The van der Waals surface area contributed by atoms with Crippen LogP contribution in [0.3, 0.4) is 0 Å². The minimum absolute atomic E-state index is 0.0793. The van der Waals surface area contributed by atoms with Gasteiger partial charge in [-0.15, -0.1) is 0 Å². The monoisotopic (exact) mass is 720 g/mol. The molecule has 3 aromatic rings. The highest BCUT2D eigenvalue weighted by Gasteiger charge is 2.56. The second kappa shape index (κ2) is 14.8. The number of rotatable bonds is 11. The Hall–Kier alpha value is -3.77. The fraction of sp³-hybridized carbons (Fsp3) is 0.432. The van der Waals surface area contributed by atoms with E-state index in [0.29, 0.717) is 13.0 Å². The predicted octanol–water partition coefficient (Wildman–Crippen LogP) is 4.53. The Labute approximate surface area is 290 Å². The van der Waals surface area contributed by atoms with Crippen LogP contribution in [0.25, 0.3) is 0 Å². The number of alkyl carbamates (subject to hydrolysis) is 1. The summed E-state index contributed by atoms with van der Waals surface area (Å²) in [7, 11) is 1.25. The number of carbonyl (C=O) groups excluding carboxylic acids is 3. The lowest BCUT2D eigenvalue weighted by Gasteiger charge is -2.36. The van der Waals surface area contributed by atoms with Crippen LogP contribution in [-0.4, -0.2) is 76.5 Å². The Bertz CT molecular complexity index is 1600. The van der Waals surface area contributed by atoms with Crippen LogP contribution in [0.5, 0.6) is 0 Å². The van der Waals surface area contributed by atoms with E-state index in [2.05, 4.69) is 26.7 Å². The van der Waals surface area contributed by atoms with Crippen molar-refractivity contribution < 1.29 is 29.3 Å². The molecule has 1 saturated heterocycles. The molecule has 1 aliphatic heterocycles. The Morgan fingerprint density at radius 3 is 2.35 bits per heavy atom. The molecule has 0 spiro atoms. The van der Waals surface area contributed by atoms with Gasteiger partial charge >= 0.3 is 6.09 Å². The lowest BCUT2D eigenvalue weighted by molar-refractivity contribution is -0.142. The molecule has 1 unspecified atom stereocenters. The first-order valence-electron chi connectivity index (χ1n) is 16.3. The van der Waals surface area contributed by atoms with Gasteiger partial charge in [-0.1, -0.05) is 103 Å². The first kappa shape index (κ1) is 35.5. The van der Waals surface area contributed by atoms with Crippen LogP contribution in [0.2, 0.25) is 0 Å². The van der Waals surface area contributed by atoms with E-state index in [1.807, 2.05) is 99.6 Å². The molecule has 1 aliphatic carbocycles. The summed E-state index contributed by atoms with van der Waals surface area (Å²) < 4.78 is 5.70. The molecular weight excluding hydrogens is 676 g/mol. The molecule has 10 nitrogen and oxygen atoms in total. The lowest BCUT2D eigenvalue weighted by atomic mass is 9.75. The minimum Gasteiger partial charge on any atom is -0.453 e. The number of benzene rings is 3. The van der Waals surface area contributed by atoms with Gasteiger partial charge in [0.05, 0.1) is 30.8 Å². The standard InChI is InChI=1S/C37H45BrN4O6/c1-36(2,3)32(39-35(47)48-4)33(45)40-41(22-25-14-16-27(38)17-15-25)19-18-37(21-24-10-6-5-7-11-24)30(44)23-42(34(37)46)31-28-13-9-8-12-26(28)20-29(31)43/h5-17,29-32,43-44H,18-23H2,1-4H3,(H,39,47)(H,40,45)/t29-,30+,31?,32-,37-/m1/s1. The summed E-state index contributed by atoms with van der Waals surface area (Å²) in [6.07, 6.45) is -1.60. The van der Waals surface area contributed by atoms with E-state index in [0.717, 1.165) is 26.7 Å². The van der Waals surface area contributed by atoms with Gasteiger partial charge in [-0.25, -0.2) is 9.80 Å². The number of methoxy groups -OCH3 is 1. The van der Waals surface area contributed by atoms with Crippen LogP contribution in [0.4, 0.5) is 4.79 Å². The summed E-state index contributed by atoms with van der Waals surface area (Å²) in [5.74, 6) is -0.665. The molecule has 3 aromatic carbocycles. The second-order valence-corrected chi connectivity index (χ2v) is 14.8. The third kappa shape index (κ3) is 7.75. The molecule has 1 fully saturated rings. The van der Waals surface area contributed by atoms with Crippen molar-refractivity contribution in [3.05, 3.63) is 106 Å². The molecule has 0 saturated carbocycles. The number of carbonyl (C=O) groups is 3. The van der Waals surface area contributed by atoms with Crippen LogP contribution in [0.1, 0.15) is 55.5 Å². The van der Waals surface area contributed by atoms with E-state index < -0.39 is 47.1 Å². The van der Waals surface area contributed by atoms with Gasteiger partial charge in [-0.2, -0.15) is 0 Å². The Kier molecular flexibility index (Phi) is 10.9. The summed E-state index contributed by atoms with van der Waals surface area (Å²) >= 11 is 3.47. The van der Waals surface area contributed by atoms with Crippen molar-refractivity contribution in [1.29, 1.82) is 0 Å². The molecule has 5 atom stereocenters. The molecule has 1 heterocycles. The molecule has 5 rings (SSSR count). The van der Waals surface area contributed by atoms with Gasteiger partial charge in [0.2, 0.25) is 5.91 Å². The fourth-order valence-electron chi connectivity index (χ4n) is 6.95. The molecule has 3 amide bonds. The topological polar surface area (TPSA) is 131 Å². The van der Waals surface area contributed by atoms with Gasteiger partial charge in [0.25, 0.3) is 5.91 Å². The SMILES string of the molecule is COC(=O)N[C@H](C(=O)NN(CC[C@]1(Cc2ccccc2)C(=O)N(C2c3ccccc3C[C@H]2O)C[C@@H]1O)Cc1ccc(Br)cc1)C(C)(C)C. The molecular formula is C37H45BrN4O6. The van der Waals surface area contributed by atoms with Crippen molar-refractivity contribution in [3.8, 4) is 0 Å². The van der Waals surface area contributed by atoms with Crippen LogP contribution in [0.15, 0.2) is 83.3 Å². The maximum absolute atomic E-state index is 14.7. The number of nitrogens with zero attached hydrogens (tertiary/aromatic N) is 2. The van der Waals surface area contributed by atoms with E-state index in [-0.39, 0.29) is 31.8 Å². The second-order valence-electron chi connectivity index (χ2n) is 13.9. The smallest absolute Gasteiger partial charge is 0.407 e. The van der Waals surface area contributed by atoms with Gasteiger partial charge in [-0.05, 0) is 52.6 Å². The van der Waals surface area contributed by atoms with Crippen molar-refractivity contribution in [1.82, 2.24) is 20.7 Å². The molecule has 2 aliphatic rings. The van der Waals surface area contributed by atoms with Crippen molar-refractivity contribution in [3.63, 3.8) is 0 Å². The van der Waals surface area contributed by atoms with Crippen LogP contribution < -0.4 is 10.7 Å². The number of fused-ring (bicyclic) bond motifs is 1. The number of halogens is 1. The molecule has 256 valence electrons. The van der Waals surface area contributed by atoms with Crippen LogP contribution in [-0.2, 0) is 33.7 Å². The number of β-amino-alcohol motifs (C(OH)–C–C–N with tert-alkyl or cyclic N) is 1. The molecule has 48 heavy (non-hydrogen) atoms. The van der Waals surface area contributed by atoms with E-state index >= 15 is 0 Å². The number of amides is 3. The highest BCUT2D eigenvalue weighted by Crippen LogP contribution is 2.46. The first-order valence-corrected chi connectivity index (χ1v) is 17.0. The third-order valence-electron chi connectivity index (χ3n) is 9.52. The molecule has 11 heteroatoms. The third-order valence-corrected chi connectivity index (χ3v) is 10.0. The largest absolute Gasteiger partial charge is 0.453 e. The number of nitrogens with one attached hydrogen (secondary N) is 2. The van der Waals surface area contributed by atoms with Crippen molar-refractivity contribution in [2.75, 3.05) is 20.2 Å². The average molecular weight is 722 g/mol. The van der Waals surface area contributed by atoms with Gasteiger partial charge < -0.3 is 25.2 Å². The number of ether oxygens (including phenoxy) is 1.